The summed E-state index contributed by atoms with van der Waals surface area (Å²) < 4.78 is 5.29. The van der Waals surface area contributed by atoms with Gasteiger partial charge < -0.3 is 15.0 Å². The molecular formula is C22H29N3O2. The molecule has 1 N–H and O–H groups in total. The fourth-order valence-corrected chi connectivity index (χ4v) is 3.53. The van der Waals surface area contributed by atoms with Gasteiger partial charge in [0.25, 0.3) is 5.91 Å². The van der Waals surface area contributed by atoms with Crippen molar-refractivity contribution in [2.45, 2.75) is 13.0 Å². The van der Waals surface area contributed by atoms with Gasteiger partial charge in [-0.25, -0.2) is 0 Å². The van der Waals surface area contributed by atoms with Crippen LogP contribution in [0.3, 0.4) is 0 Å². The van der Waals surface area contributed by atoms with Gasteiger partial charge in [0.05, 0.1) is 13.2 Å². The number of hydrogen-bond donors (Lipinski definition) is 1. The minimum absolute atomic E-state index is 0.0132. The van der Waals surface area contributed by atoms with E-state index in [0.29, 0.717) is 6.54 Å². The molecule has 5 heteroatoms. The van der Waals surface area contributed by atoms with Crippen LogP contribution < -0.4 is 10.1 Å². The summed E-state index contributed by atoms with van der Waals surface area (Å²) in [5, 5.41) is 3.15. The number of amides is 1. The molecular weight excluding hydrogens is 338 g/mol. The molecule has 1 unspecified atom stereocenters. The van der Waals surface area contributed by atoms with Gasteiger partial charge in [0, 0.05) is 38.3 Å². The first-order valence-electron chi connectivity index (χ1n) is 9.49. The molecule has 0 bridgehead atoms. The lowest BCUT2D eigenvalue weighted by atomic mass is 10.0. The number of rotatable bonds is 6. The Balaban J connectivity index is 1.75. The smallest absolute Gasteiger partial charge is 0.251 e. The largest absolute Gasteiger partial charge is 0.497 e. The van der Waals surface area contributed by atoms with Gasteiger partial charge in [-0.15, -0.1) is 0 Å². The van der Waals surface area contributed by atoms with Crippen molar-refractivity contribution >= 4 is 5.91 Å². The molecule has 0 aliphatic carbocycles. The Morgan fingerprint density at radius 1 is 1.07 bits per heavy atom. The zero-order valence-corrected chi connectivity index (χ0v) is 16.4. The highest BCUT2D eigenvalue weighted by Crippen LogP contribution is 2.24. The summed E-state index contributed by atoms with van der Waals surface area (Å²) in [6, 6.07) is 16.0. The molecule has 0 saturated carbocycles. The van der Waals surface area contributed by atoms with Crippen molar-refractivity contribution in [2.24, 2.45) is 0 Å². The summed E-state index contributed by atoms with van der Waals surface area (Å²) >= 11 is 0. The van der Waals surface area contributed by atoms with Crippen LogP contribution in [0.2, 0.25) is 0 Å². The number of aryl methyl sites for hydroxylation is 1. The molecule has 0 radical (unpaired) electrons. The molecule has 2 aromatic carbocycles. The van der Waals surface area contributed by atoms with E-state index in [-0.39, 0.29) is 11.9 Å². The summed E-state index contributed by atoms with van der Waals surface area (Å²) in [5.74, 6) is 0.834. The van der Waals surface area contributed by atoms with Crippen molar-refractivity contribution < 1.29 is 9.53 Å². The molecule has 27 heavy (non-hydrogen) atoms. The Kier molecular flexibility index (Phi) is 6.48. The molecule has 1 fully saturated rings. The molecule has 3 rings (SSSR count). The Morgan fingerprint density at radius 2 is 1.74 bits per heavy atom. The maximum absolute atomic E-state index is 12.7. The van der Waals surface area contributed by atoms with Gasteiger partial charge in [0.2, 0.25) is 0 Å². The molecule has 0 aromatic heterocycles. The van der Waals surface area contributed by atoms with Crippen LogP contribution in [-0.4, -0.2) is 62.6 Å². The van der Waals surface area contributed by atoms with Crippen LogP contribution in [0, 0.1) is 6.92 Å². The Morgan fingerprint density at radius 3 is 2.37 bits per heavy atom. The third kappa shape index (κ3) is 4.87. The van der Waals surface area contributed by atoms with Gasteiger partial charge in [-0.3, -0.25) is 9.69 Å². The van der Waals surface area contributed by atoms with Crippen LogP contribution in [-0.2, 0) is 0 Å². The second-order valence-electron chi connectivity index (χ2n) is 7.15. The zero-order valence-electron chi connectivity index (χ0n) is 16.4. The highest BCUT2D eigenvalue weighted by molar-refractivity contribution is 5.95. The molecule has 5 nitrogen and oxygen atoms in total. The Hall–Kier alpha value is -2.37. The summed E-state index contributed by atoms with van der Waals surface area (Å²) in [4.78, 5) is 17.5. The topological polar surface area (TPSA) is 44.8 Å². The van der Waals surface area contributed by atoms with E-state index in [1.165, 1.54) is 5.56 Å². The third-order valence-corrected chi connectivity index (χ3v) is 5.32. The van der Waals surface area contributed by atoms with E-state index in [1.807, 2.05) is 43.3 Å². The van der Waals surface area contributed by atoms with Crippen LogP contribution >= 0.6 is 0 Å². The maximum atomic E-state index is 12.7. The number of nitrogens with zero attached hydrogens (tertiary/aromatic N) is 2. The van der Waals surface area contributed by atoms with Gasteiger partial charge in [0.1, 0.15) is 5.75 Å². The van der Waals surface area contributed by atoms with Crippen molar-refractivity contribution in [2.75, 3.05) is 46.9 Å². The molecule has 0 spiro atoms. The van der Waals surface area contributed by atoms with Gasteiger partial charge in [0.15, 0.2) is 0 Å². The van der Waals surface area contributed by atoms with Crippen LogP contribution in [0.25, 0.3) is 0 Å². The average Bonchev–Trinajstić information content (AvgIpc) is 2.70. The van der Waals surface area contributed by atoms with Gasteiger partial charge >= 0.3 is 0 Å². The van der Waals surface area contributed by atoms with Crippen molar-refractivity contribution in [3.63, 3.8) is 0 Å². The van der Waals surface area contributed by atoms with E-state index in [4.69, 9.17) is 4.74 Å². The second kappa shape index (κ2) is 9.02. The molecule has 1 saturated heterocycles. The van der Waals surface area contributed by atoms with E-state index >= 15 is 0 Å². The van der Waals surface area contributed by atoms with E-state index in [9.17, 15) is 4.79 Å². The molecule has 144 valence electrons. The van der Waals surface area contributed by atoms with Crippen LogP contribution in [0.15, 0.2) is 48.5 Å². The predicted molar refractivity (Wildman–Crippen MR) is 108 cm³/mol. The molecule has 1 atom stereocenters. The first-order chi connectivity index (χ1) is 13.1. The maximum Gasteiger partial charge on any atom is 0.251 e. The van der Waals surface area contributed by atoms with Crippen LogP contribution in [0.5, 0.6) is 5.75 Å². The lowest BCUT2D eigenvalue weighted by Crippen LogP contribution is -2.48. The van der Waals surface area contributed by atoms with E-state index < -0.39 is 0 Å². The van der Waals surface area contributed by atoms with Crippen molar-refractivity contribution in [3.8, 4) is 5.75 Å². The summed E-state index contributed by atoms with van der Waals surface area (Å²) in [5.41, 5.74) is 2.94. The number of hydrogen-bond acceptors (Lipinski definition) is 4. The molecule has 2 aromatic rings. The quantitative estimate of drug-likeness (QED) is 0.853. The minimum Gasteiger partial charge on any atom is -0.497 e. The van der Waals surface area contributed by atoms with Crippen molar-refractivity contribution in [1.82, 2.24) is 15.1 Å². The van der Waals surface area contributed by atoms with E-state index in [1.54, 1.807) is 7.11 Å². The Labute approximate surface area is 161 Å². The third-order valence-electron chi connectivity index (χ3n) is 5.32. The lowest BCUT2D eigenvalue weighted by molar-refractivity contribution is 0.0885. The Bertz CT molecular complexity index is 752. The summed E-state index contributed by atoms with van der Waals surface area (Å²) in [6.45, 7) is 6.62. The summed E-state index contributed by atoms with van der Waals surface area (Å²) in [6.07, 6.45) is 0. The minimum atomic E-state index is -0.0132. The normalized spacial score (nSPS) is 16.7. The molecule has 1 heterocycles. The number of ether oxygens (including phenoxy) is 1. The standard InChI is InChI=1S/C22H29N3O2/c1-17-6-4-5-7-20(17)22(26)23-16-21(25-14-12-24(2)13-15-25)18-8-10-19(27-3)11-9-18/h4-11,21H,12-16H2,1-3H3,(H,23,26). The number of nitrogens with one attached hydrogen (secondary N) is 1. The number of piperazine rings is 1. The number of benzene rings is 2. The summed E-state index contributed by atoms with van der Waals surface area (Å²) in [7, 11) is 3.83. The monoisotopic (exact) mass is 367 g/mol. The van der Waals surface area contributed by atoms with Gasteiger partial charge in [-0.2, -0.15) is 0 Å². The van der Waals surface area contributed by atoms with Gasteiger partial charge in [-0.1, -0.05) is 30.3 Å². The predicted octanol–water partition coefficient (Wildman–Crippen LogP) is 2.72. The highest BCUT2D eigenvalue weighted by Gasteiger charge is 2.24. The number of methoxy groups -OCH3 is 1. The second-order valence-corrected chi connectivity index (χ2v) is 7.15. The van der Waals surface area contributed by atoms with Crippen LogP contribution in [0.4, 0.5) is 0 Å². The van der Waals surface area contributed by atoms with Crippen molar-refractivity contribution in [3.05, 3.63) is 65.2 Å². The molecule has 1 aliphatic heterocycles. The first-order valence-corrected chi connectivity index (χ1v) is 9.49. The van der Waals surface area contributed by atoms with Gasteiger partial charge in [-0.05, 0) is 43.3 Å². The van der Waals surface area contributed by atoms with E-state index in [0.717, 1.165) is 43.1 Å². The highest BCUT2D eigenvalue weighted by atomic mass is 16.5. The SMILES string of the molecule is COc1ccc(C(CNC(=O)c2ccccc2C)N2CCN(C)CC2)cc1. The lowest BCUT2D eigenvalue weighted by Gasteiger charge is -2.38. The molecule has 1 aliphatic rings. The zero-order chi connectivity index (χ0) is 19.2. The average molecular weight is 367 g/mol. The van der Waals surface area contributed by atoms with Crippen LogP contribution in [0.1, 0.15) is 27.5 Å². The number of likely N-dealkylation sites (N-methyl/N-ethyl adjacent to an activating group) is 1. The fraction of sp³-hybridized carbons (Fsp3) is 0.409. The number of carbonyl (C=O) groups is 1. The first kappa shape index (κ1) is 19.4. The fourth-order valence-electron chi connectivity index (χ4n) is 3.53. The number of carbonyl (C=O) groups excluding carboxylic acids is 1. The van der Waals surface area contributed by atoms with E-state index in [2.05, 4.69) is 34.3 Å². The molecule has 1 amide bonds. The van der Waals surface area contributed by atoms with Crippen molar-refractivity contribution in [1.29, 1.82) is 0 Å².